The molecule has 2 rings (SSSR count). The average Bonchev–Trinajstić information content (AvgIpc) is 2.76. The van der Waals surface area contributed by atoms with Gasteiger partial charge in [0, 0.05) is 18.6 Å². The van der Waals surface area contributed by atoms with Crippen LogP contribution in [0.4, 0.5) is 0 Å². The molecule has 0 spiro atoms. The van der Waals surface area contributed by atoms with E-state index < -0.39 is 11.9 Å². The highest BCUT2D eigenvalue weighted by atomic mass is 16.5. The Morgan fingerprint density at radius 2 is 1.16 bits per heavy atom. The van der Waals surface area contributed by atoms with Gasteiger partial charge in [0.2, 0.25) is 0 Å². The summed E-state index contributed by atoms with van der Waals surface area (Å²) in [5, 5.41) is 17.5. The van der Waals surface area contributed by atoms with Crippen molar-refractivity contribution >= 4 is 24.1 Å². The van der Waals surface area contributed by atoms with Crippen molar-refractivity contribution in [3.63, 3.8) is 0 Å². The van der Waals surface area contributed by atoms with Crippen LogP contribution in [0.1, 0.15) is 17.5 Å². The van der Waals surface area contributed by atoms with Crippen LogP contribution in [0.3, 0.4) is 0 Å². The van der Waals surface area contributed by atoms with Crippen LogP contribution >= 0.6 is 0 Å². The standard InChI is InChI=1S/C23H24O8/c1-28-18-8-4-16(6-10-22(24)25)14-20(18)30-12-3-13-31-21-15-17(7-11-23(26)27)5-9-19(21)29-2/h4-11,14-15H,3,12-13H2,1-2H3,(H,24,25)(H,26,27)/b10-6+,11-7+. The molecule has 0 bridgehead atoms. The number of aliphatic carboxylic acids is 2. The highest BCUT2D eigenvalue weighted by Crippen LogP contribution is 2.30. The van der Waals surface area contributed by atoms with Crippen LogP contribution in [0.15, 0.2) is 48.6 Å². The molecule has 0 fully saturated rings. The Kier molecular flexibility index (Phi) is 8.97. The van der Waals surface area contributed by atoms with Crippen molar-refractivity contribution in [1.29, 1.82) is 0 Å². The first-order valence-corrected chi connectivity index (χ1v) is 9.36. The molecule has 0 unspecified atom stereocenters. The molecule has 0 aliphatic carbocycles. The van der Waals surface area contributed by atoms with Crippen molar-refractivity contribution in [3.8, 4) is 23.0 Å². The summed E-state index contributed by atoms with van der Waals surface area (Å²) in [4.78, 5) is 21.4. The van der Waals surface area contributed by atoms with Gasteiger partial charge in [0.05, 0.1) is 27.4 Å². The minimum atomic E-state index is -1.03. The molecule has 0 radical (unpaired) electrons. The lowest BCUT2D eigenvalue weighted by Crippen LogP contribution is -2.06. The molecule has 0 aliphatic rings. The molecule has 0 aliphatic heterocycles. The van der Waals surface area contributed by atoms with E-state index in [1.807, 2.05) is 0 Å². The first-order valence-electron chi connectivity index (χ1n) is 9.36. The van der Waals surface area contributed by atoms with E-state index in [1.165, 1.54) is 26.4 Å². The first-order chi connectivity index (χ1) is 14.9. The summed E-state index contributed by atoms with van der Waals surface area (Å²) in [6, 6.07) is 10.3. The zero-order valence-corrected chi connectivity index (χ0v) is 17.2. The maximum absolute atomic E-state index is 10.7. The molecule has 0 heterocycles. The molecule has 2 aromatic carbocycles. The van der Waals surface area contributed by atoms with E-state index in [1.54, 1.807) is 36.4 Å². The topological polar surface area (TPSA) is 112 Å². The van der Waals surface area contributed by atoms with Crippen LogP contribution in [0.5, 0.6) is 23.0 Å². The van der Waals surface area contributed by atoms with Crippen molar-refractivity contribution in [2.75, 3.05) is 27.4 Å². The second-order valence-electron chi connectivity index (χ2n) is 6.21. The highest BCUT2D eigenvalue weighted by molar-refractivity contribution is 5.86. The average molecular weight is 428 g/mol. The van der Waals surface area contributed by atoms with Gasteiger partial charge >= 0.3 is 11.9 Å². The molecule has 8 nitrogen and oxygen atoms in total. The summed E-state index contributed by atoms with van der Waals surface area (Å²) in [6.07, 6.45) is 5.58. The molecule has 0 aromatic heterocycles. The van der Waals surface area contributed by atoms with Gasteiger partial charge in [-0.05, 0) is 47.5 Å². The van der Waals surface area contributed by atoms with Gasteiger partial charge in [-0.15, -0.1) is 0 Å². The van der Waals surface area contributed by atoms with Crippen LogP contribution < -0.4 is 18.9 Å². The van der Waals surface area contributed by atoms with Crippen LogP contribution in [-0.4, -0.2) is 49.6 Å². The lowest BCUT2D eigenvalue weighted by Gasteiger charge is -2.13. The van der Waals surface area contributed by atoms with E-state index in [0.29, 0.717) is 53.8 Å². The number of rotatable bonds is 12. The second kappa shape index (κ2) is 11.9. The van der Waals surface area contributed by atoms with E-state index in [2.05, 4.69) is 0 Å². The third-order valence-corrected chi connectivity index (χ3v) is 4.02. The van der Waals surface area contributed by atoms with Gasteiger partial charge in [0.1, 0.15) is 0 Å². The van der Waals surface area contributed by atoms with Crippen LogP contribution in [0.25, 0.3) is 12.2 Å². The lowest BCUT2D eigenvalue weighted by atomic mass is 10.2. The summed E-state index contributed by atoms with van der Waals surface area (Å²) >= 11 is 0. The van der Waals surface area contributed by atoms with Gasteiger partial charge < -0.3 is 29.2 Å². The molecule has 0 amide bonds. The lowest BCUT2D eigenvalue weighted by molar-refractivity contribution is -0.132. The summed E-state index contributed by atoms with van der Waals surface area (Å²) in [6.45, 7) is 0.673. The molecular formula is C23H24O8. The molecular weight excluding hydrogens is 404 g/mol. The Morgan fingerprint density at radius 1 is 0.742 bits per heavy atom. The Hall–Kier alpha value is -3.94. The molecule has 31 heavy (non-hydrogen) atoms. The number of hydrogen-bond donors (Lipinski definition) is 2. The summed E-state index contributed by atoms with van der Waals surface area (Å²) < 4.78 is 22.1. The van der Waals surface area contributed by atoms with E-state index >= 15 is 0 Å². The summed E-state index contributed by atoms with van der Waals surface area (Å²) in [7, 11) is 3.05. The van der Waals surface area contributed by atoms with E-state index in [-0.39, 0.29) is 0 Å². The third-order valence-electron chi connectivity index (χ3n) is 4.02. The predicted molar refractivity (Wildman–Crippen MR) is 115 cm³/mol. The molecule has 2 aromatic rings. The van der Waals surface area contributed by atoms with Gasteiger partial charge in [-0.1, -0.05) is 12.1 Å². The minimum Gasteiger partial charge on any atom is -0.493 e. The maximum atomic E-state index is 10.7. The number of carboxylic acid groups (broad SMARTS) is 2. The van der Waals surface area contributed by atoms with Gasteiger partial charge in [-0.3, -0.25) is 0 Å². The van der Waals surface area contributed by atoms with Crippen molar-refractivity contribution in [1.82, 2.24) is 0 Å². The summed E-state index contributed by atoms with van der Waals surface area (Å²) in [5.41, 5.74) is 1.34. The molecule has 2 N–H and O–H groups in total. The Labute approximate surface area is 179 Å². The Balaban J connectivity index is 1.94. The van der Waals surface area contributed by atoms with E-state index in [0.717, 1.165) is 12.2 Å². The van der Waals surface area contributed by atoms with Crippen LogP contribution in [-0.2, 0) is 9.59 Å². The monoisotopic (exact) mass is 428 g/mol. The Bertz CT molecular complexity index is 885. The fraction of sp³-hybridized carbons (Fsp3) is 0.217. The maximum Gasteiger partial charge on any atom is 0.328 e. The number of carboxylic acids is 2. The number of benzene rings is 2. The zero-order valence-electron chi connectivity index (χ0n) is 17.2. The molecule has 8 heteroatoms. The SMILES string of the molecule is COc1ccc(/C=C/C(=O)O)cc1OCCCOc1cc(/C=C/C(=O)O)ccc1OC. The van der Waals surface area contributed by atoms with Crippen LogP contribution in [0, 0.1) is 0 Å². The molecule has 0 atom stereocenters. The fourth-order valence-corrected chi connectivity index (χ4v) is 2.58. The van der Waals surface area contributed by atoms with Crippen LogP contribution in [0.2, 0.25) is 0 Å². The van der Waals surface area contributed by atoms with Gasteiger partial charge in [-0.25, -0.2) is 9.59 Å². The third kappa shape index (κ3) is 7.77. The number of hydrogen-bond acceptors (Lipinski definition) is 6. The Morgan fingerprint density at radius 3 is 1.52 bits per heavy atom. The molecule has 0 saturated carbocycles. The van der Waals surface area contributed by atoms with Crippen molar-refractivity contribution in [3.05, 3.63) is 59.7 Å². The second-order valence-corrected chi connectivity index (χ2v) is 6.21. The molecule has 0 saturated heterocycles. The molecule has 164 valence electrons. The zero-order chi connectivity index (χ0) is 22.6. The normalized spacial score (nSPS) is 10.9. The van der Waals surface area contributed by atoms with Gasteiger partial charge in [-0.2, -0.15) is 0 Å². The first kappa shape index (κ1) is 23.3. The quantitative estimate of drug-likeness (QED) is 0.388. The van der Waals surface area contributed by atoms with E-state index in [9.17, 15) is 9.59 Å². The smallest absolute Gasteiger partial charge is 0.328 e. The minimum absolute atomic E-state index is 0.337. The predicted octanol–water partition coefficient (Wildman–Crippen LogP) is 3.75. The van der Waals surface area contributed by atoms with Crippen molar-refractivity contribution < 1.29 is 38.7 Å². The number of methoxy groups -OCH3 is 2. The van der Waals surface area contributed by atoms with Gasteiger partial charge in [0.15, 0.2) is 23.0 Å². The fourth-order valence-electron chi connectivity index (χ4n) is 2.58. The number of carbonyl (C=O) groups is 2. The highest BCUT2D eigenvalue weighted by Gasteiger charge is 2.07. The van der Waals surface area contributed by atoms with Crippen molar-refractivity contribution in [2.24, 2.45) is 0 Å². The van der Waals surface area contributed by atoms with Gasteiger partial charge in [0.25, 0.3) is 0 Å². The summed E-state index contributed by atoms with van der Waals surface area (Å²) in [5.74, 6) is -0.00965. The van der Waals surface area contributed by atoms with Crippen molar-refractivity contribution in [2.45, 2.75) is 6.42 Å². The number of ether oxygens (including phenoxy) is 4. The van der Waals surface area contributed by atoms with E-state index in [4.69, 9.17) is 29.2 Å². The largest absolute Gasteiger partial charge is 0.493 e.